The zero-order valence-corrected chi connectivity index (χ0v) is 13.3. The summed E-state index contributed by atoms with van der Waals surface area (Å²) in [6, 6.07) is 17.9. The Kier molecular flexibility index (Phi) is 5.53. The van der Waals surface area contributed by atoms with Gasteiger partial charge in [-0.25, -0.2) is 4.99 Å². The number of nitrogens with two attached hydrogens (primary N) is 1. The van der Waals surface area contributed by atoms with Crippen molar-refractivity contribution in [1.29, 1.82) is 5.26 Å². The Hall–Kier alpha value is -3.33. The Morgan fingerprint density at radius 3 is 2.42 bits per heavy atom. The normalized spacial score (nSPS) is 12.2. The van der Waals surface area contributed by atoms with E-state index >= 15 is 0 Å². The number of hydrogen-bond acceptors (Lipinski definition) is 3. The number of guanidine groups is 1. The predicted octanol–water partition coefficient (Wildman–Crippen LogP) is 2.65. The van der Waals surface area contributed by atoms with Crippen molar-refractivity contribution in [2.45, 2.75) is 13.0 Å². The molecule has 2 aromatic carbocycles. The van der Waals surface area contributed by atoms with Crippen molar-refractivity contribution in [2.24, 2.45) is 10.7 Å². The number of rotatable bonds is 5. The van der Waals surface area contributed by atoms with Gasteiger partial charge in [0.15, 0.2) is 5.96 Å². The van der Waals surface area contributed by atoms with E-state index in [-0.39, 0.29) is 18.5 Å². The average Bonchev–Trinajstić information content (AvgIpc) is 2.60. The Bertz CT molecular complexity index is 764. The van der Waals surface area contributed by atoms with Crippen LogP contribution in [0.3, 0.4) is 0 Å². The number of aliphatic imine (C=N–C) groups is 1. The van der Waals surface area contributed by atoms with E-state index in [1.54, 1.807) is 24.3 Å². The van der Waals surface area contributed by atoms with Crippen molar-refractivity contribution in [3.05, 3.63) is 65.7 Å². The van der Waals surface area contributed by atoms with Crippen LogP contribution in [0.15, 0.2) is 59.6 Å². The van der Waals surface area contributed by atoms with Gasteiger partial charge in [0, 0.05) is 0 Å². The van der Waals surface area contributed by atoms with Gasteiger partial charge in [-0.2, -0.15) is 5.26 Å². The van der Waals surface area contributed by atoms with Crippen LogP contribution in [0.5, 0.6) is 0 Å². The van der Waals surface area contributed by atoms with Crippen LogP contribution in [0.2, 0.25) is 0 Å². The Morgan fingerprint density at radius 1 is 1.25 bits per heavy atom. The van der Waals surface area contributed by atoms with Crippen molar-refractivity contribution in [3.8, 4) is 6.07 Å². The molecule has 6 heteroatoms. The average molecular weight is 322 g/mol. The van der Waals surface area contributed by atoms with Crippen LogP contribution in [-0.2, 0) is 4.79 Å². The summed E-state index contributed by atoms with van der Waals surface area (Å²) in [5.41, 5.74) is 8.07. The fraction of sp³-hybridized carbons (Fsp3) is 0.167. The van der Waals surface area contributed by atoms with E-state index in [0.717, 1.165) is 5.56 Å². The summed E-state index contributed by atoms with van der Waals surface area (Å²) in [5.74, 6) is -0.880. The highest BCUT2D eigenvalue weighted by atomic mass is 16.4. The number of nitrogens with zero attached hydrogens (tertiary/aromatic N) is 3. The molecule has 0 unspecified atom stereocenters. The largest absolute Gasteiger partial charge is 0.480 e. The molecule has 0 aliphatic heterocycles. The van der Waals surface area contributed by atoms with E-state index in [9.17, 15) is 9.90 Å². The predicted molar refractivity (Wildman–Crippen MR) is 91.6 cm³/mol. The quantitative estimate of drug-likeness (QED) is 0.650. The van der Waals surface area contributed by atoms with E-state index in [2.05, 4.69) is 4.99 Å². The molecule has 1 atom stereocenters. The minimum Gasteiger partial charge on any atom is -0.480 e. The Labute approximate surface area is 140 Å². The van der Waals surface area contributed by atoms with Gasteiger partial charge in [-0.05, 0) is 36.8 Å². The molecule has 0 aromatic heterocycles. The summed E-state index contributed by atoms with van der Waals surface area (Å²) in [5, 5.41) is 18.0. The number of hydrogen-bond donors (Lipinski definition) is 2. The lowest BCUT2D eigenvalue weighted by molar-refractivity contribution is -0.137. The Morgan fingerprint density at radius 2 is 1.88 bits per heavy atom. The fourth-order valence-electron chi connectivity index (χ4n) is 2.28. The third kappa shape index (κ3) is 4.34. The summed E-state index contributed by atoms with van der Waals surface area (Å²) in [6.07, 6.45) is 0. The Balaban J connectivity index is 2.30. The maximum Gasteiger partial charge on any atom is 0.323 e. The van der Waals surface area contributed by atoms with Crippen LogP contribution >= 0.6 is 0 Å². The molecule has 122 valence electrons. The van der Waals surface area contributed by atoms with Gasteiger partial charge in [0.1, 0.15) is 6.54 Å². The second-order valence-corrected chi connectivity index (χ2v) is 5.24. The molecular formula is C18H18N4O2. The molecule has 0 aliphatic rings. The van der Waals surface area contributed by atoms with Crippen LogP contribution in [0, 0.1) is 11.3 Å². The van der Waals surface area contributed by atoms with Gasteiger partial charge in [0.05, 0.1) is 23.4 Å². The van der Waals surface area contributed by atoms with Crippen LogP contribution in [0.4, 0.5) is 5.69 Å². The maximum absolute atomic E-state index is 11.2. The third-order valence-corrected chi connectivity index (χ3v) is 3.59. The fourth-order valence-corrected chi connectivity index (χ4v) is 2.28. The standard InChI is InChI=1S/C18H18N4O2/c1-13(15-5-3-2-4-6-15)22(12-17(23)24)18(20)21-16-9-7-14(11-19)8-10-16/h2-10,13H,12H2,1H3,(H2,20,21)(H,23,24)/t13-/m0/s1. The molecule has 0 saturated heterocycles. The van der Waals surface area contributed by atoms with Gasteiger partial charge in [0.25, 0.3) is 0 Å². The number of carboxylic acids is 1. The van der Waals surface area contributed by atoms with Gasteiger partial charge in [-0.3, -0.25) is 4.79 Å². The first-order valence-electron chi connectivity index (χ1n) is 7.39. The maximum atomic E-state index is 11.2. The van der Waals surface area contributed by atoms with Gasteiger partial charge < -0.3 is 15.7 Å². The van der Waals surface area contributed by atoms with Gasteiger partial charge in [0.2, 0.25) is 0 Å². The third-order valence-electron chi connectivity index (χ3n) is 3.59. The SMILES string of the molecule is C[C@@H](c1ccccc1)N(CC(=O)O)C(N)=Nc1ccc(C#N)cc1. The van der Waals surface area contributed by atoms with Crippen LogP contribution in [0.1, 0.15) is 24.1 Å². The first-order chi connectivity index (χ1) is 11.5. The molecule has 24 heavy (non-hydrogen) atoms. The highest BCUT2D eigenvalue weighted by Gasteiger charge is 2.20. The van der Waals surface area contributed by atoms with Gasteiger partial charge >= 0.3 is 5.97 Å². The molecule has 6 nitrogen and oxygen atoms in total. The molecule has 0 saturated carbocycles. The highest BCUT2D eigenvalue weighted by Crippen LogP contribution is 2.21. The van der Waals surface area contributed by atoms with Crippen molar-refractivity contribution in [2.75, 3.05) is 6.54 Å². The molecule has 0 bridgehead atoms. The lowest BCUT2D eigenvalue weighted by atomic mass is 10.1. The van der Waals surface area contributed by atoms with Crippen molar-refractivity contribution >= 4 is 17.6 Å². The van der Waals surface area contributed by atoms with Gasteiger partial charge in [-0.15, -0.1) is 0 Å². The molecule has 0 fully saturated rings. The second kappa shape index (κ2) is 7.79. The molecule has 3 N–H and O–H groups in total. The van der Waals surface area contributed by atoms with Crippen LogP contribution < -0.4 is 5.73 Å². The van der Waals surface area contributed by atoms with Crippen LogP contribution in [0.25, 0.3) is 0 Å². The summed E-state index contributed by atoms with van der Waals surface area (Å²) in [7, 11) is 0. The zero-order chi connectivity index (χ0) is 17.5. The lowest BCUT2D eigenvalue weighted by Crippen LogP contribution is -2.42. The van der Waals surface area contributed by atoms with E-state index < -0.39 is 5.97 Å². The zero-order valence-electron chi connectivity index (χ0n) is 13.3. The first kappa shape index (κ1) is 17.0. The molecule has 2 aromatic rings. The molecule has 0 spiro atoms. The van der Waals surface area contributed by atoms with Crippen molar-refractivity contribution in [3.63, 3.8) is 0 Å². The van der Waals surface area contributed by atoms with E-state index in [4.69, 9.17) is 11.0 Å². The van der Waals surface area contributed by atoms with E-state index in [1.807, 2.05) is 43.3 Å². The molecular weight excluding hydrogens is 304 g/mol. The smallest absolute Gasteiger partial charge is 0.323 e. The van der Waals surface area contributed by atoms with Crippen molar-refractivity contribution < 1.29 is 9.90 Å². The minimum atomic E-state index is -0.990. The second-order valence-electron chi connectivity index (χ2n) is 5.24. The van der Waals surface area contributed by atoms with Crippen LogP contribution in [-0.4, -0.2) is 28.5 Å². The molecule has 0 heterocycles. The monoisotopic (exact) mass is 322 g/mol. The minimum absolute atomic E-state index is 0.110. The number of carbonyl (C=O) groups is 1. The summed E-state index contributed by atoms with van der Waals surface area (Å²) in [6.45, 7) is 1.61. The summed E-state index contributed by atoms with van der Waals surface area (Å²) in [4.78, 5) is 17.0. The summed E-state index contributed by atoms with van der Waals surface area (Å²) >= 11 is 0. The first-order valence-corrected chi connectivity index (χ1v) is 7.39. The van der Waals surface area contributed by atoms with Crippen molar-refractivity contribution in [1.82, 2.24) is 4.90 Å². The number of benzene rings is 2. The molecule has 0 aliphatic carbocycles. The lowest BCUT2D eigenvalue weighted by Gasteiger charge is -2.29. The summed E-state index contributed by atoms with van der Waals surface area (Å²) < 4.78 is 0. The topological polar surface area (TPSA) is 103 Å². The molecule has 0 radical (unpaired) electrons. The highest BCUT2D eigenvalue weighted by molar-refractivity contribution is 5.85. The number of carboxylic acid groups (broad SMARTS) is 1. The number of aliphatic carboxylic acids is 1. The molecule has 2 rings (SSSR count). The van der Waals surface area contributed by atoms with E-state index in [1.165, 1.54) is 4.90 Å². The van der Waals surface area contributed by atoms with E-state index in [0.29, 0.717) is 11.3 Å². The van der Waals surface area contributed by atoms with Gasteiger partial charge in [-0.1, -0.05) is 30.3 Å². The number of nitriles is 1. The molecule has 0 amide bonds.